The Morgan fingerprint density at radius 3 is 2.81 bits per heavy atom. The third-order valence-electron chi connectivity index (χ3n) is 4.41. The molecule has 1 atom stereocenters. The normalized spacial score (nSPS) is 22.8. The molecule has 3 N–H and O–H groups in total. The average molecular weight is 289 g/mol. The van der Waals surface area contributed by atoms with Crippen LogP contribution in [0, 0.1) is 5.92 Å². The monoisotopic (exact) mass is 289 g/mol. The van der Waals surface area contributed by atoms with Crippen LogP contribution >= 0.6 is 0 Å². The molecular weight excluding hydrogens is 270 g/mol. The van der Waals surface area contributed by atoms with Gasteiger partial charge in [0.1, 0.15) is 11.5 Å². The summed E-state index contributed by atoms with van der Waals surface area (Å²) in [5.41, 5.74) is -0.447. The van der Waals surface area contributed by atoms with E-state index < -0.39 is 11.5 Å². The van der Waals surface area contributed by atoms with Gasteiger partial charge in [-0.3, -0.25) is 4.79 Å². The number of imidazole rings is 1. The molecule has 6 heteroatoms. The van der Waals surface area contributed by atoms with Crippen molar-refractivity contribution in [2.75, 3.05) is 0 Å². The van der Waals surface area contributed by atoms with Crippen LogP contribution in [-0.4, -0.2) is 27.0 Å². The zero-order valence-corrected chi connectivity index (χ0v) is 11.8. The van der Waals surface area contributed by atoms with Gasteiger partial charge in [0.25, 0.3) is 0 Å². The van der Waals surface area contributed by atoms with Crippen molar-refractivity contribution in [2.24, 2.45) is 5.92 Å². The van der Waals surface area contributed by atoms with Crippen LogP contribution in [0.4, 0.5) is 0 Å². The number of rotatable bonds is 5. The van der Waals surface area contributed by atoms with Gasteiger partial charge in [-0.2, -0.15) is 0 Å². The van der Waals surface area contributed by atoms with Crippen LogP contribution in [0.5, 0.6) is 0 Å². The number of aromatic carboxylic acids is 1. The van der Waals surface area contributed by atoms with Gasteiger partial charge in [0, 0.05) is 6.42 Å². The molecule has 0 aromatic carbocycles. The lowest BCUT2D eigenvalue weighted by Gasteiger charge is -2.41. The molecule has 0 saturated heterocycles. The lowest BCUT2D eigenvalue weighted by molar-refractivity contribution is -0.125. The summed E-state index contributed by atoms with van der Waals surface area (Å²) in [6.45, 7) is 0. The Balaban J connectivity index is 1.69. The van der Waals surface area contributed by atoms with Crippen molar-refractivity contribution in [1.29, 1.82) is 0 Å². The smallest absolute Gasteiger partial charge is 0.353 e. The lowest BCUT2D eigenvalue weighted by Crippen LogP contribution is -2.51. The molecular formula is C15H19N3O3. The van der Waals surface area contributed by atoms with Crippen LogP contribution in [-0.2, 0) is 10.3 Å². The van der Waals surface area contributed by atoms with Gasteiger partial charge in [0.05, 0.1) is 11.7 Å². The summed E-state index contributed by atoms with van der Waals surface area (Å²) in [7, 11) is 0. The van der Waals surface area contributed by atoms with Gasteiger partial charge in [0.2, 0.25) is 5.91 Å². The molecule has 0 spiro atoms. The van der Waals surface area contributed by atoms with Crippen molar-refractivity contribution in [2.45, 2.75) is 44.1 Å². The van der Waals surface area contributed by atoms with E-state index in [9.17, 15) is 9.59 Å². The number of carbonyl (C=O) groups excluding carboxylic acids is 1. The van der Waals surface area contributed by atoms with E-state index in [-0.39, 0.29) is 11.6 Å². The van der Waals surface area contributed by atoms with Crippen LogP contribution in [0.1, 0.15) is 54.8 Å². The number of amides is 1. The minimum Gasteiger partial charge on any atom is -0.477 e. The second-order valence-corrected chi connectivity index (χ2v) is 5.90. The van der Waals surface area contributed by atoms with Crippen LogP contribution in [0.25, 0.3) is 0 Å². The Labute approximate surface area is 122 Å². The quantitative estimate of drug-likeness (QED) is 0.722. The topological polar surface area (TPSA) is 95.1 Å². The van der Waals surface area contributed by atoms with E-state index in [1.165, 1.54) is 6.20 Å². The summed E-state index contributed by atoms with van der Waals surface area (Å²) >= 11 is 0. The minimum atomic E-state index is -1.04. The first kappa shape index (κ1) is 13.9. The van der Waals surface area contributed by atoms with Gasteiger partial charge < -0.3 is 15.4 Å². The molecule has 1 unspecified atom stereocenters. The van der Waals surface area contributed by atoms with Gasteiger partial charge in [0.15, 0.2) is 0 Å². The highest BCUT2D eigenvalue weighted by molar-refractivity contribution is 5.85. The molecule has 6 nitrogen and oxygen atoms in total. The number of carbonyl (C=O) groups is 2. The summed E-state index contributed by atoms with van der Waals surface area (Å²) in [6.07, 6.45) is 10.7. The predicted molar refractivity (Wildman–Crippen MR) is 75.7 cm³/mol. The van der Waals surface area contributed by atoms with Crippen molar-refractivity contribution >= 4 is 11.9 Å². The summed E-state index contributed by atoms with van der Waals surface area (Å²) in [6, 6.07) is 0. The SMILES string of the molecule is O=C(CC1C=CCC1)NC1(c2ncc(C(=O)O)[nH]2)CCC1. The number of H-pyrrole nitrogens is 1. The molecule has 0 bridgehead atoms. The van der Waals surface area contributed by atoms with E-state index in [0.29, 0.717) is 18.2 Å². The standard InChI is InChI=1S/C15H19N3O3/c19-12(8-10-4-1-2-5-10)18-15(6-3-7-15)14-16-9-11(17-14)13(20)21/h1,4,9-10H,2-3,5-8H2,(H,16,17)(H,18,19)(H,20,21). The van der Waals surface area contributed by atoms with E-state index in [2.05, 4.69) is 27.4 Å². The summed E-state index contributed by atoms with van der Waals surface area (Å²) in [4.78, 5) is 30.1. The Morgan fingerprint density at radius 1 is 1.48 bits per heavy atom. The van der Waals surface area contributed by atoms with Gasteiger partial charge in [-0.1, -0.05) is 12.2 Å². The highest BCUT2D eigenvalue weighted by atomic mass is 16.4. The van der Waals surface area contributed by atoms with Gasteiger partial charge in [-0.25, -0.2) is 9.78 Å². The fraction of sp³-hybridized carbons (Fsp3) is 0.533. The zero-order valence-electron chi connectivity index (χ0n) is 11.8. The minimum absolute atomic E-state index is 0.0134. The molecule has 2 aliphatic rings. The number of nitrogens with one attached hydrogen (secondary N) is 2. The van der Waals surface area contributed by atoms with Crippen molar-refractivity contribution < 1.29 is 14.7 Å². The molecule has 1 amide bonds. The van der Waals surface area contributed by atoms with Crippen molar-refractivity contribution in [3.05, 3.63) is 29.9 Å². The highest BCUT2D eigenvalue weighted by Crippen LogP contribution is 2.40. The second-order valence-electron chi connectivity index (χ2n) is 5.90. The molecule has 1 saturated carbocycles. The molecule has 2 aliphatic carbocycles. The fourth-order valence-electron chi connectivity index (χ4n) is 3.05. The largest absolute Gasteiger partial charge is 0.477 e. The Hall–Kier alpha value is -2.11. The van der Waals surface area contributed by atoms with Crippen molar-refractivity contribution in [3.8, 4) is 0 Å². The van der Waals surface area contributed by atoms with E-state index in [4.69, 9.17) is 5.11 Å². The first-order chi connectivity index (χ1) is 10.1. The number of aromatic amines is 1. The Kier molecular flexibility index (Phi) is 3.53. The number of aromatic nitrogens is 2. The van der Waals surface area contributed by atoms with Crippen LogP contribution in [0.2, 0.25) is 0 Å². The molecule has 1 aromatic rings. The number of hydrogen-bond acceptors (Lipinski definition) is 3. The van der Waals surface area contributed by atoms with E-state index in [1.807, 2.05) is 0 Å². The Morgan fingerprint density at radius 2 is 2.29 bits per heavy atom. The van der Waals surface area contributed by atoms with Gasteiger partial charge in [-0.15, -0.1) is 0 Å². The van der Waals surface area contributed by atoms with Gasteiger partial charge >= 0.3 is 5.97 Å². The highest BCUT2D eigenvalue weighted by Gasteiger charge is 2.43. The average Bonchev–Trinajstić information content (AvgIpc) is 3.04. The number of carboxylic acid groups (broad SMARTS) is 1. The maximum Gasteiger partial charge on any atom is 0.353 e. The molecule has 1 fully saturated rings. The molecule has 0 radical (unpaired) electrons. The van der Waals surface area contributed by atoms with E-state index in [0.717, 1.165) is 32.1 Å². The number of hydrogen-bond donors (Lipinski definition) is 3. The third-order valence-corrected chi connectivity index (χ3v) is 4.41. The predicted octanol–water partition coefficient (Wildman–Crippen LogP) is 1.96. The molecule has 3 rings (SSSR count). The summed E-state index contributed by atoms with van der Waals surface area (Å²) in [5.74, 6) is -0.139. The third kappa shape index (κ3) is 2.70. The first-order valence-electron chi connectivity index (χ1n) is 7.35. The van der Waals surface area contributed by atoms with E-state index >= 15 is 0 Å². The van der Waals surface area contributed by atoms with Gasteiger partial charge in [-0.05, 0) is 38.0 Å². The van der Waals surface area contributed by atoms with Crippen LogP contribution < -0.4 is 5.32 Å². The van der Waals surface area contributed by atoms with E-state index in [1.54, 1.807) is 0 Å². The molecule has 0 aliphatic heterocycles. The number of carboxylic acids is 1. The Bertz CT molecular complexity index is 587. The van der Waals surface area contributed by atoms with Crippen molar-refractivity contribution in [3.63, 3.8) is 0 Å². The summed E-state index contributed by atoms with van der Waals surface area (Å²) in [5, 5.41) is 12.0. The maximum absolute atomic E-state index is 12.2. The number of allylic oxidation sites excluding steroid dienone is 2. The first-order valence-corrected chi connectivity index (χ1v) is 7.35. The zero-order chi connectivity index (χ0) is 14.9. The second kappa shape index (κ2) is 5.35. The van der Waals surface area contributed by atoms with Crippen molar-refractivity contribution in [1.82, 2.24) is 15.3 Å². The molecule has 1 aromatic heterocycles. The van der Waals surface area contributed by atoms with Crippen LogP contribution in [0.3, 0.4) is 0 Å². The lowest BCUT2D eigenvalue weighted by atomic mass is 9.76. The molecule has 21 heavy (non-hydrogen) atoms. The molecule has 1 heterocycles. The fourth-order valence-corrected chi connectivity index (χ4v) is 3.05. The molecule has 112 valence electrons. The number of nitrogens with zero attached hydrogens (tertiary/aromatic N) is 1. The summed E-state index contributed by atoms with van der Waals surface area (Å²) < 4.78 is 0. The maximum atomic E-state index is 12.2. The van der Waals surface area contributed by atoms with Crippen LogP contribution in [0.15, 0.2) is 18.3 Å².